The summed E-state index contributed by atoms with van der Waals surface area (Å²) < 4.78 is 16.0. The minimum Gasteiger partial charge on any atom is -0.444 e. The van der Waals surface area contributed by atoms with E-state index in [-0.39, 0.29) is 28.5 Å². The molecule has 0 spiro atoms. The van der Waals surface area contributed by atoms with E-state index in [1.54, 1.807) is 38.4 Å². The number of benzene rings is 1. The Labute approximate surface area is 209 Å². The molecule has 0 aliphatic rings. The molecule has 1 aromatic carbocycles. The lowest BCUT2D eigenvalue weighted by molar-refractivity contribution is 0.0283. The molecule has 2 amide bonds. The smallest absolute Gasteiger partial charge is 0.444 e. The molecule has 4 rings (SSSR count). The number of nitrogens with two attached hydrogens (primary N) is 1. The zero-order valence-corrected chi connectivity index (χ0v) is 19.6. The fourth-order valence-electron chi connectivity index (χ4n) is 3.07. The second-order valence-electron chi connectivity index (χ2n) is 7.78. The Morgan fingerprint density at radius 2 is 1.76 bits per heavy atom. The largest absolute Gasteiger partial charge is 0.516 e. The second kappa shape index (κ2) is 10.5. The normalized spacial score (nSPS) is 10.7. The summed E-state index contributed by atoms with van der Waals surface area (Å²) in [5.41, 5.74) is 6.36. The van der Waals surface area contributed by atoms with Gasteiger partial charge in [-0.25, -0.2) is 19.3 Å². The number of aromatic nitrogens is 4. The number of pyridine rings is 1. The van der Waals surface area contributed by atoms with Gasteiger partial charge in [-0.2, -0.15) is 5.10 Å². The quantitative estimate of drug-likeness (QED) is 0.280. The van der Waals surface area contributed by atoms with Gasteiger partial charge in [-0.1, -0.05) is 0 Å². The highest BCUT2D eigenvalue weighted by molar-refractivity contribution is 6.07. The first-order valence-corrected chi connectivity index (χ1v) is 10.8. The topological polar surface area (TPSA) is 182 Å². The van der Waals surface area contributed by atoms with Crippen LogP contribution in [0.5, 0.6) is 0 Å². The molecule has 3 N–H and O–H groups in total. The van der Waals surface area contributed by atoms with Gasteiger partial charge in [0.25, 0.3) is 11.8 Å². The average Bonchev–Trinajstić information content (AvgIpc) is 3.52. The second-order valence-corrected chi connectivity index (χ2v) is 7.78. The standard InChI is InChI=1S/C24H20N6O7/c1-13(2)36-24(34)37-23(33)15-3-5-16(6-4-15)30-11-17(19(29-30)20(25)31)27-21(32)18-12-35-22(28-18)14-7-9-26-10-8-14/h3-13H,1-2H3,(H2,25,31)(H,27,32). The van der Waals surface area contributed by atoms with Crippen LogP contribution < -0.4 is 11.1 Å². The number of carbonyl (C=O) groups is 4. The monoisotopic (exact) mass is 504 g/mol. The first kappa shape index (κ1) is 24.8. The molecule has 188 valence electrons. The molecule has 0 aliphatic heterocycles. The Morgan fingerprint density at radius 3 is 2.41 bits per heavy atom. The number of hydrogen-bond donors (Lipinski definition) is 2. The molecule has 3 aromatic heterocycles. The molecule has 0 fully saturated rings. The van der Waals surface area contributed by atoms with Gasteiger partial charge in [0, 0.05) is 18.0 Å². The van der Waals surface area contributed by atoms with E-state index in [0.717, 1.165) is 0 Å². The van der Waals surface area contributed by atoms with Crippen LogP contribution in [0.25, 0.3) is 17.1 Å². The van der Waals surface area contributed by atoms with Gasteiger partial charge in [-0.05, 0) is 50.2 Å². The van der Waals surface area contributed by atoms with Crippen molar-refractivity contribution >= 4 is 29.6 Å². The number of ether oxygens (including phenoxy) is 2. The van der Waals surface area contributed by atoms with Crippen LogP contribution in [-0.2, 0) is 9.47 Å². The molecule has 0 bridgehead atoms. The van der Waals surface area contributed by atoms with E-state index in [0.29, 0.717) is 11.3 Å². The summed E-state index contributed by atoms with van der Waals surface area (Å²) in [5.74, 6) is -2.22. The lowest BCUT2D eigenvalue weighted by atomic mass is 10.2. The van der Waals surface area contributed by atoms with Crippen LogP contribution in [0.3, 0.4) is 0 Å². The van der Waals surface area contributed by atoms with Crippen molar-refractivity contribution in [3.8, 4) is 17.1 Å². The molecule has 0 atom stereocenters. The molecule has 0 unspecified atom stereocenters. The molecule has 37 heavy (non-hydrogen) atoms. The molecule has 4 aromatic rings. The third-order valence-corrected chi connectivity index (χ3v) is 4.74. The predicted octanol–water partition coefficient (Wildman–Crippen LogP) is 2.98. The minimum absolute atomic E-state index is 0.0332. The number of rotatable bonds is 7. The lowest BCUT2D eigenvalue weighted by Gasteiger charge is -2.07. The number of nitrogens with one attached hydrogen (secondary N) is 1. The summed E-state index contributed by atoms with van der Waals surface area (Å²) in [7, 11) is 0. The van der Waals surface area contributed by atoms with E-state index in [1.807, 2.05) is 0 Å². The number of primary amides is 1. The highest BCUT2D eigenvalue weighted by atomic mass is 16.7. The van der Waals surface area contributed by atoms with E-state index in [1.165, 1.54) is 41.4 Å². The molecule has 0 radical (unpaired) electrons. The molecule has 0 saturated heterocycles. The van der Waals surface area contributed by atoms with E-state index >= 15 is 0 Å². The van der Waals surface area contributed by atoms with Crippen molar-refractivity contribution in [1.29, 1.82) is 0 Å². The Morgan fingerprint density at radius 1 is 1.05 bits per heavy atom. The number of esters is 1. The third-order valence-electron chi connectivity index (χ3n) is 4.74. The summed E-state index contributed by atoms with van der Waals surface area (Å²) in [6.45, 7) is 3.24. The van der Waals surface area contributed by atoms with Crippen LogP contribution in [0.1, 0.15) is 45.2 Å². The van der Waals surface area contributed by atoms with Crippen LogP contribution in [-0.4, -0.2) is 49.8 Å². The number of carbonyl (C=O) groups excluding carboxylic acids is 4. The van der Waals surface area contributed by atoms with E-state index in [4.69, 9.17) is 14.9 Å². The van der Waals surface area contributed by atoms with Crippen molar-refractivity contribution in [3.05, 3.63) is 78.2 Å². The number of nitrogens with zero attached hydrogens (tertiary/aromatic N) is 4. The fourth-order valence-corrected chi connectivity index (χ4v) is 3.07. The van der Waals surface area contributed by atoms with Crippen LogP contribution in [0.2, 0.25) is 0 Å². The van der Waals surface area contributed by atoms with Crippen molar-refractivity contribution in [2.24, 2.45) is 5.73 Å². The summed E-state index contributed by atoms with van der Waals surface area (Å²) in [6.07, 6.45) is 4.11. The van der Waals surface area contributed by atoms with Crippen LogP contribution in [0.15, 0.2) is 65.7 Å². The highest BCUT2D eigenvalue weighted by Gasteiger charge is 2.21. The van der Waals surface area contributed by atoms with Crippen molar-refractivity contribution in [1.82, 2.24) is 19.7 Å². The summed E-state index contributed by atoms with van der Waals surface area (Å²) in [6, 6.07) is 9.11. The molecule has 13 heteroatoms. The lowest BCUT2D eigenvalue weighted by Crippen LogP contribution is -2.18. The maximum absolute atomic E-state index is 12.7. The molecular formula is C24H20N6O7. The molecule has 13 nitrogen and oxygen atoms in total. The van der Waals surface area contributed by atoms with E-state index in [9.17, 15) is 19.2 Å². The zero-order valence-electron chi connectivity index (χ0n) is 19.6. The van der Waals surface area contributed by atoms with Gasteiger partial charge in [0.15, 0.2) is 11.4 Å². The molecule has 3 heterocycles. The first-order chi connectivity index (χ1) is 17.7. The van der Waals surface area contributed by atoms with Gasteiger partial charge >= 0.3 is 12.1 Å². The third kappa shape index (κ3) is 5.85. The average molecular weight is 504 g/mol. The molecular weight excluding hydrogens is 484 g/mol. The molecule has 0 aliphatic carbocycles. The Bertz CT molecular complexity index is 1460. The van der Waals surface area contributed by atoms with Gasteiger partial charge in [-0.3, -0.25) is 14.6 Å². The van der Waals surface area contributed by atoms with Gasteiger partial charge in [0.2, 0.25) is 5.89 Å². The van der Waals surface area contributed by atoms with E-state index < -0.39 is 30.0 Å². The number of hydrogen-bond acceptors (Lipinski definition) is 10. The SMILES string of the molecule is CC(C)OC(=O)OC(=O)c1ccc(-n2cc(NC(=O)c3coc(-c4ccncc4)n3)c(C(N)=O)n2)cc1. The molecule has 0 saturated carbocycles. The summed E-state index contributed by atoms with van der Waals surface area (Å²) >= 11 is 0. The maximum atomic E-state index is 12.7. The van der Waals surface area contributed by atoms with E-state index in [2.05, 4.69) is 25.1 Å². The number of anilines is 1. The van der Waals surface area contributed by atoms with Crippen LogP contribution >= 0.6 is 0 Å². The summed E-state index contributed by atoms with van der Waals surface area (Å²) in [5, 5.41) is 6.67. The number of oxazole rings is 1. The predicted molar refractivity (Wildman–Crippen MR) is 127 cm³/mol. The van der Waals surface area contributed by atoms with Gasteiger partial charge in [0.1, 0.15) is 6.26 Å². The van der Waals surface area contributed by atoms with Crippen molar-refractivity contribution in [3.63, 3.8) is 0 Å². The zero-order chi connectivity index (χ0) is 26.5. The van der Waals surface area contributed by atoms with Gasteiger partial charge in [-0.15, -0.1) is 0 Å². The van der Waals surface area contributed by atoms with Gasteiger partial charge in [0.05, 0.1) is 29.2 Å². The van der Waals surface area contributed by atoms with Crippen molar-refractivity contribution in [2.75, 3.05) is 5.32 Å². The fraction of sp³-hybridized carbons (Fsp3) is 0.125. The Balaban J connectivity index is 1.50. The van der Waals surface area contributed by atoms with Crippen molar-refractivity contribution < 1.29 is 33.1 Å². The maximum Gasteiger partial charge on any atom is 0.516 e. The van der Waals surface area contributed by atoms with Crippen LogP contribution in [0.4, 0.5) is 10.5 Å². The summed E-state index contributed by atoms with van der Waals surface area (Å²) in [4.78, 5) is 56.4. The minimum atomic E-state index is -1.11. The van der Waals surface area contributed by atoms with Crippen LogP contribution in [0, 0.1) is 0 Å². The van der Waals surface area contributed by atoms with Gasteiger partial charge < -0.3 is 24.9 Å². The Hall–Kier alpha value is -5.33. The van der Waals surface area contributed by atoms with Crippen molar-refractivity contribution in [2.45, 2.75) is 20.0 Å². The highest BCUT2D eigenvalue weighted by Crippen LogP contribution is 2.21. The first-order valence-electron chi connectivity index (χ1n) is 10.8. The Kier molecular flexibility index (Phi) is 7.04. The number of amides is 2.